The van der Waals surface area contributed by atoms with E-state index in [1.54, 1.807) is 0 Å². The Morgan fingerprint density at radius 1 is 0.958 bits per heavy atom. The summed E-state index contributed by atoms with van der Waals surface area (Å²) >= 11 is 0. The Balaban J connectivity index is 1.93. The normalized spacial score (nSPS) is 13.8. The van der Waals surface area contributed by atoms with E-state index in [0.717, 1.165) is 6.61 Å². The van der Waals surface area contributed by atoms with Crippen molar-refractivity contribution in [2.75, 3.05) is 13.7 Å². The Morgan fingerprint density at radius 2 is 1.58 bits per heavy atom. The number of rotatable bonds is 10. The molecule has 0 amide bonds. The third kappa shape index (κ3) is 5.77. The number of benzene rings is 2. The molecule has 0 aromatic heterocycles. The molecular weight excluding hydrogens is 294 g/mol. The molecule has 2 aromatic rings. The summed E-state index contributed by atoms with van der Waals surface area (Å²) in [6.07, 6.45) is 3.65. The van der Waals surface area contributed by atoms with Crippen LogP contribution in [-0.2, 0) is 11.3 Å². The summed E-state index contributed by atoms with van der Waals surface area (Å²) < 4.78 is 6.04. The second-order valence-electron chi connectivity index (χ2n) is 6.55. The van der Waals surface area contributed by atoms with Gasteiger partial charge in [-0.15, -0.1) is 0 Å². The molecule has 0 spiro atoms. The molecule has 0 aliphatic carbocycles. The van der Waals surface area contributed by atoms with Crippen molar-refractivity contribution >= 4 is 0 Å². The monoisotopic (exact) mass is 325 g/mol. The Labute approximate surface area is 147 Å². The Kier molecular flexibility index (Phi) is 8.00. The quantitative estimate of drug-likeness (QED) is 0.575. The van der Waals surface area contributed by atoms with Gasteiger partial charge in [-0.1, -0.05) is 80.4 Å². The average Bonchev–Trinajstić information content (AvgIpc) is 2.65. The van der Waals surface area contributed by atoms with Gasteiger partial charge >= 0.3 is 0 Å². The molecule has 0 N–H and O–H groups in total. The van der Waals surface area contributed by atoms with Gasteiger partial charge in [-0.2, -0.15) is 0 Å². The highest BCUT2D eigenvalue weighted by atomic mass is 16.5. The predicted molar refractivity (Wildman–Crippen MR) is 102 cm³/mol. The maximum absolute atomic E-state index is 6.04. The zero-order chi connectivity index (χ0) is 17.2. The molecule has 0 fully saturated rings. The van der Waals surface area contributed by atoms with Crippen LogP contribution in [0.1, 0.15) is 50.3 Å². The van der Waals surface area contributed by atoms with E-state index in [1.807, 2.05) is 6.07 Å². The molecule has 0 saturated heterocycles. The summed E-state index contributed by atoms with van der Waals surface area (Å²) in [4.78, 5) is 2.47. The first-order chi connectivity index (χ1) is 11.7. The lowest BCUT2D eigenvalue weighted by molar-refractivity contribution is 0.0417. The van der Waals surface area contributed by atoms with Crippen LogP contribution in [0.25, 0.3) is 0 Å². The highest BCUT2D eigenvalue weighted by Crippen LogP contribution is 2.23. The smallest absolute Gasteiger partial charge is 0.0717 e. The van der Waals surface area contributed by atoms with Gasteiger partial charge in [0.15, 0.2) is 0 Å². The van der Waals surface area contributed by atoms with Crippen LogP contribution in [0, 0.1) is 0 Å². The van der Waals surface area contributed by atoms with Crippen LogP contribution in [-0.4, -0.2) is 24.6 Å². The largest absolute Gasteiger partial charge is 0.375 e. The second-order valence-corrected chi connectivity index (χ2v) is 6.55. The van der Waals surface area contributed by atoms with Gasteiger partial charge in [0.1, 0.15) is 0 Å². The topological polar surface area (TPSA) is 12.5 Å². The summed E-state index contributed by atoms with van der Waals surface area (Å²) in [7, 11) is 2.23. The highest BCUT2D eigenvalue weighted by molar-refractivity contribution is 5.18. The van der Waals surface area contributed by atoms with E-state index in [2.05, 4.69) is 80.4 Å². The van der Waals surface area contributed by atoms with Crippen LogP contribution in [0.15, 0.2) is 60.7 Å². The zero-order valence-electron chi connectivity index (χ0n) is 15.3. The van der Waals surface area contributed by atoms with Gasteiger partial charge in [0.05, 0.1) is 13.2 Å². The van der Waals surface area contributed by atoms with E-state index < -0.39 is 0 Å². The Morgan fingerprint density at radius 3 is 2.21 bits per heavy atom. The number of nitrogens with zero attached hydrogens (tertiary/aromatic N) is 1. The molecular formula is C22H31NO. The van der Waals surface area contributed by atoms with E-state index in [-0.39, 0.29) is 0 Å². The molecule has 0 aliphatic rings. The number of hydrogen-bond donors (Lipinski definition) is 0. The number of likely N-dealkylation sites (N-methyl/N-ethyl adjacent to an activating group) is 1. The summed E-state index contributed by atoms with van der Waals surface area (Å²) in [6.45, 7) is 6.01. The molecule has 130 valence electrons. The molecule has 2 heteroatoms. The van der Waals surface area contributed by atoms with E-state index in [0.29, 0.717) is 18.7 Å². The molecule has 2 atom stereocenters. The fraction of sp³-hybridized carbons (Fsp3) is 0.455. The summed E-state index contributed by atoms with van der Waals surface area (Å²) in [5, 5.41) is 0. The van der Waals surface area contributed by atoms with Crippen LogP contribution < -0.4 is 0 Å². The molecule has 0 unspecified atom stereocenters. The molecule has 2 aromatic carbocycles. The summed E-state index contributed by atoms with van der Waals surface area (Å²) in [6, 6.07) is 22.0. The number of unbranched alkanes of at least 4 members (excludes halogenated alkanes) is 1. The van der Waals surface area contributed by atoms with Gasteiger partial charge in [-0.3, -0.25) is 4.90 Å². The van der Waals surface area contributed by atoms with Crippen LogP contribution >= 0.6 is 0 Å². The average molecular weight is 325 g/mol. The third-order valence-electron chi connectivity index (χ3n) is 4.78. The Hall–Kier alpha value is -1.64. The first-order valence-electron chi connectivity index (χ1n) is 9.11. The maximum atomic E-state index is 6.04. The van der Waals surface area contributed by atoms with E-state index >= 15 is 0 Å². The lowest BCUT2D eigenvalue weighted by atomic mass is 10.0. The van der Waals surface area contributed by atoms with Crippen molar-refractivity contribution in [2.45, 2.75) is 51.8 Å². The molecule has 2 nitrogen and oxygen atoms in total. The van der Waals surface area contributed by atoms with Crippen LogP contribution in [0.5, 0.6) is 0 Å². The first-order valence-corrected chi connectivity index (χ1v) is 9.11. The van der Waals surface area contributed by atoms with Crippen molar-refractivity contribution in [2.24, 2.45) is 0 Å². The van der Waals surface area contributed by atoms with Gasteiger partial charge in [0.2, 0.25) is 0 Å². The number of ether oxygens (including phenoxy) is 1. The fourth-order valence-electron chi connectivity index (χ4n) is 3.01. The van der Waals surface area contributed by atoms with Crippen molar-refractivity contribution in [1.82, 2.24) is 4.90 Å². The molecule has 0 heterocycles. The molecule has 0 aliphatic heterocycles. The van der Waals surface area contributed by atoms with Gasteiger partial charge in [-0.05, 0) is 31.5 Å². The molecule has 0 radical (unpaired) electrons. The highest BCUT2D eigenvalue weighted by Gasteiger charge is 2.20. The van der Waals surface area contributed by atoms with Crippen molar-refractivity contribution in [3.05, 3.63) is 71.8 Å². The first kappa shape index (κ1) is 18.7. The second kappa shape index (κ2) is 10.3. The fourth-order valence-corrected chi connectivity index (χ4v) is 3.01. The van der Waals surface area contributed by atoms with Crippen molar-refractivity contribution in [1.29, 1.82) is 0 Å². The molecule has 0 saturated carbocycles. The minimum atomic E-state index is 0.397. The summed E-state index contributed by atoms with van der Waals surface area (Å²) in [5.41, 5.74) is 2.61. The van der Waals surface area contributed by atoms with Gasteiger partial charge in [0, 0.05) is 12.1 Å². The number of hydrogen-bond acceptors (Lipinski definition) is 2. The minimum absolute atomic E-state index is 0.397. The maximum Gasteiger partial charge on any atom is 0.0717 e. The Bertz CT molecular complexity index is 555. The van der Waals surface area contributed by atoms with Crippen LogP contribution in [0.4, 0.5) is 0 Å². The zero-order valence-corrected chi connectivity index (χ0v) is 15.3. The predicted octanol–water partition coefficient (Wildman–Crippen LogP) is 5.46. The van der Waals surface area contributed by atoms with Crippen LogP contribution in [0.2, 0.25) is 0 Å². The lowest BCUT2D eigenvalue weighted by Gasteiger charge is -2.33. The minimum Gasteiger partial charge on any atom is -0.375 e. The van der Waals surface area contributed by atoms with Gasteiger partial charge < -0.3 is 4.74 Å². The molecule has 0 bridgehead atoms. The van der Waals surface area contributed by atoms with Crippen molar-refractivity contribution < 1.29 is 4.74 Å². The SMILES string of the molecule is CCCC[C@H](COCc1ccccc1)N(C)[C@H](C)c1ccccc1. The lowest BCUT2D eigenvalue weighted by Crippen LogP contribution is -2.37. The van der Waals surface area contributed by atoms with Gasteiger partial charge in [0.25, 0.3) is 0 Å². The third-order valence-corrected chi connectivity index (χ3v) is 4.78. The standard InChI is InChI=1S/C22H31NO/c1-4-5-16-22(18-24-17-20-12-8-6-9-13-20)23(3)19(2)21-14-10-7-11-15-21/h6-15,19,22H,4-5,16-18H2,1-3H3/t19-,22-/m1/s1. The van der Waals surface area contributed by atoms with E-state index in [4.69, 9.17) is 4.74 Å². The van der Waals surface area contributed by atoms with Gasteiger partial charge in [-0.25, -0.2) is 0 Å². The van der Waals surface area contributed by atoms with E-state index in [9.17, 15) is 0 Å². The van der Waals surface area contributed by atoms with Crippen LogP contribution in [0.3, 0.4) is 0 Å². The molecule has 24 heavy (non-hydrogen) atoms. The molecule has 2 rings (SSSR count). The summed E-state index contributed by atoms with van der Waals surface area (Å²) in [5.74, 6) is 0. The van der Waals surface area contributed by atoms with Crippen molar-refractivity contribution in [3.63, 3.8) is 0 Å². The van der Waals surface area contributed by atoms with E-state index in [1.165, 1.54) is 30.4 Å². The van der Waals surface area contributed by atoms with Crippen molar-refractivity contribution in [3.8, 4) is 0 Å².